The van der Waals surface area contributed by atoms with Crippen LogP contribution in [-0.2, 0) is 0 Å². The van der Waals surface area contributed by atoms with Crippen LogP contribution < -0.4 is 11.3 Å². The second kappa shape index (κ2) is 4.72. The van der Waals surface area contributed by atoms with Gasteiger partial charge in [-0.2, -0.15) is 0 Å². The predicted octanol–water partition coefficient (Wildman–Crippen LogP) is 1.31. The van der Waals surface area contributed by atoms with Crippen molar-refractivity contribution in [2.24, 2.45) is 5.84 Å². The zero-order valence-corrected chi connectivity index (χ0v) is 8.61. The Morgan fingerprint density at radius 2 is 2.13 bits per heavy atom. The van der Waals surface area contributed by atoms with Gasteiger partial charge in [0, 0.05) is 12.4 Å². The average molecular weight is 219 g/mol. The maximum atomic E-state index is 5.26. The lowest BCUT2D eigenvalue weighted by molar-refractivity contribution is 1.04. The Balaban J connectivity index is 2.17. The molecule has 3 N–H and O–H groups in total. The van der Waals surface area contributed by atoms with Gasteiger partial charge in [0.25, 0.3) is 0 Å². The van der Waals surface area contributed by atoms with Gasteiger partial charge in [0.15, 0.2) is 0 Å². The van der Waals surface area contributed by atoms with Crippen LogP contribution in [0.1, 0.15) is 0 Å². The normalized spacial score (nSPS) is 9.93. The lowest BCUT2D eigenvalue weighted by atomic mass is 10.5. The van der Waals surface area contributed by atoms with E-state index in [9.17, 15) is 0 Å². The van der Waals surface area contributed by atoms with E-state index in [-0.39, 0.29) is 0 Å². The van der Waals surface area contributed by atoms with Crippen molar-refractivity contribution in [1.82, 2.24) is 15.0 Å². The molecule has 0 amide bonds. The molecule has 0 aliphatic heterocycles. The monoisotopic (exact) mass is 219 g/mol. The summed E-state index contributed by atoms with van der Waals surface area (Å²) in [5.41, 5.74) is 2.49. The van der Waals surface area contributed by atoms with E-state index in [1.54, 1.807) is 24.7 Å². The first-order chi connectivity index (χ1) is 7.38. The topological polar surface area (TPSA) is 76.7 Å². The number of hydrazine groups is 1. The van der Waals surface area contributed by atoms with Crippen LogP contribution in [0.3, 0.4) is 0 Å². The van der Waals surface area contributed by atoms with Crippen LogP contribution in [0.4, 0.5) is 5.82 Å². The number of rotatable bonds is 3. The highest BCUT2D eigenvalue weighted by molar-refractivity contribution is 7.99. The fraction of sp³-hybridized carbons (Fsp3) is 0. The minimum Gasteiger partial charge on any atom is -0.308 e. The van der Waals surface area contributed by atoms with Crippen molar-refractivity contribution >= 4 is 17.6 Å². The first kappa shape index (κ1) is 9.88. The minimum absolute atomic E-state index is 0.629. The lowest BCUT2D eigenvalue weighted by Crippen LogP contribution is -2.08. The second-order valence-electron chi connectivity index (χ2n) is 2.65. The van der Waals surface area contributed by atoms with E-state index in [1.807, 2.05) is 12.1 Å². The van der Waals surface area contributed by atoms with Gasteiger partial charge in [-0.05, 0) is 23.9 Å². The van der Waals surface area contributed by atoms with Crippen LogP contribution in [0.25, 0.3) is 0 Å². The summed E-state index contributed by atoms with van der Waals surface area (Å²) in [6.45, 7) is 0. The minimum atomic E-state index is 0.629. The highest BCUT2D eigenvalue weighted by atomic mass is 32.2. The molecule has 0 aliphatic carbocycles. The third-order valence-corrected chi connectivity index (χ3v) is 2.48. The number of pyridine rings is 1. The van der Waals surface area contributed by atoms with E-state index in [4.69, 9.17) is 5.84 Å². The molecule has 0 fully saturated rings. The van der Waals surface area contributed by atoms with Crippen LogP contribution in [0, 0.1) is 0 Å². The van der Waals surface area contributed by atoms with Gasteiger partial charge in [-0.1, -0.05) is 6.07 Å². The van der Waals surface area contributed by atoms with E-state index < -0.39 is 0 Å². The molecule has 0 saturated carbocycles. The molecule has 0 aromatic carbocycles. The Morgan fingerprint density at radius 1 is 1.20 bits per heavy atom. The van der Waals surface area contributed by atoms with Gasteiger partial charge >= 0.3 is 0 Å². The first-order valence-corrected chi connectivity index (χ1v) is 5.07. The van der Waals surface area contributed by atoms with Gasteiger partial charge in [0.05, 0.1) is 6.20 Å². The number of nitrogen functional groups attached to an aromatic ring is 1. The van der Waals surface area contributed by atoms with Crippen LogP contribution in [0.2, 0.25) is 0 Å². The highest BCUT2D eigenvalue weighted by Crippen LogP contribution is 2.23. The van der Waals surface area contributed by atoms with Crippen LogP contribution in [0.15, 0.2) is 46.8 Å². The van der Waals surface area contributed by atoms with Crippen molar-refractivity contribution in [2.45, 2.75) is 10.1 Å². The summed E-state index contributed by atoms with van der Waals surface area (Å²) >= 11 is 1.44. The van der Waals surface area contributed by atoms with Gasteiger partial charge < -0.3 is 5.43 Å². The molecule has 0 bridgehead atoms. The SMILES string of the molecule is NNc1cccc(Sc2cnccn2)n1. The molecule has 6 heteroatoms. The Kier molecular flexibility index (Phi) is 3.11. The summed E-state index contributed by atoms with van der Waals surface area (Å²) in [5, 5.41) is 1.63. The molecule has 0 unspecified atom stereocenters. The summed E-state index contributed by atoms with van der Waals surface area (Å²) in [5.74, 6) is 5.89. The molecule has 2 aromatic heterocycles. The van der Waals surface area contributed by atoms with Crippen LogP contribution in [0.5, 0.6) is 0 Å². The van der Waals surface area contributed by atoms with Crippen molar-refractivity contribution in [1.29, 1.82) is 0 Å². The Bertz CT molecular complexity index is 434. The van der Waals surface area contributed by atoms with E-state index in [1.165, 1.54) is 11.8 Å². The fourth-order valence-corrected chi connectivity index (χ4v) is 1.73. The van der Waals surface area contributed by atoms with Crippen molar-refractivity contribution in [3.05, 3.63) is 36.8 Å². The van der Waals surface area contributed by atoms with Crippen LogP contribution >= 0.6 is 11.8 Å². The van der Waals surface area contributed by atoms with E-state index >= 15 is 0 Å². The standard InChI is InChI=1S/C9H9N5S/c10-14-7-2-1-3-8(13-7)15-9-6-11-4-5-12-9/h1-6H,10H2,(H,13,14). The molecular weight excluding hydrogens is 210 g/mol. The predicted molar refractivity (Wildman–Crippen MR) is 58.2 cm³/mol. The van der Waals surface area contributed by atoms with Crippen molar-refractivity contribution in [3.63, 3.8) is 0 Å². The average Bonchev–Trinajstić information content (AvgIpc) is 2.31. The molecule has 0 aliphatic rings. The Hall–Kier alpha value is -1.66. The number of nitrogens with one attached hydrogen (secondary N) is 1. The third-order valence-electron chi connectivity index (χ3n) is 1.62. The Morgan fingerprint density at radius 3 is 2.87 bits per heavy atom. The van der Waals surface area contributed by atoms with E-state index in [2.05, 4.69) is 20.4 Å². The maximum absolute atomic E-state index is 5.26. The molecule has 0 spiro atoms. The lowest BCUT2D eigenvalue weighted by Gasteiger charge is -2.01. The molecule has 2 aromatic rings. The van der Waals surface area contributed by atoms with Crippen molar-refractivity contribution in [2.75, 3.05) is 5.43 Å². The van der Waals surface area contributed by atoms with E-state index in [0.29, 0.717) is 5.82 Å². The number of anilines is 1. The summed E-state index contributed by atoms with van der Waals surface area (Å²) in [6, 6.07) is 5.56. The summed E-state index contributed by atoms with van der Waals surface area (Å²) in [4.78, 5) is 12.4. The quantitative estimate of drug-likeness (QED) is 0.598. The van der Waals surface area contributed by atoms with Gasteiger partial charge in [-0.25, -0.2) is 15.8 Å². The largest absolute Gasteiger partial charge is 0.308 e. The summed E-state index contributed by atoms with van der Waals surface area (Å²) in [6.07, 6.45) is 4.97. The molecule has 0 atom stereocenters. The maximum Gasteiger partial charge on any atom is 0.141 e. The Labute approximate surface area is 91.1 Å². The number of nitrogens with zero attached hydrogens (tertiary/aromatic N) is 3. The molecule has 76 valence electrons. The zero-order valence-electron chi connectivity index (χ0n) is 7.79. The highest BCUT2D eigenvalue weighted by Gasteiger charge is 2.00. The van der Waals surface area contributed by atoms with Crippen LogP contribution in [-0.4, -0.2) is 15.0 Å². The van der Waals surface area contributed by atoms with Crippen molar-refractivity contribution in [3.8, 4) is 0 Å². The molecule has 0 radical (unpaired) electrons. The molecule has 15 heavy (non-hydrogen) atoms. The van der Waals surface area contributed by atoms with Gasteiger partial charge in [0.2, 0.25) is 0 Å². The number of hydrogen-bond acceptors (Lipinski definition) is 6. The summed E-state index contributed by atoms with van der Waals surface area (Å²) in [7, 11) is 0. The van der Waals surface area contributed by atoms with Gasteiger partial charge in [-0.15, -0.1) is 0 Å². The molecule has 2 rings (SSSR count). The fourth-order valence-electron chi connectivity index (χ4n) is 0.997. The molecule has 5 nitrogen and oxygen atoms in total. The molecule has 0 saturated heterocycles. The molecular formula is C9H9N5S. The van der Waals surface area contributed by atoms with Gasteiger partial charge in [-0.3, -0.25) is 4.98 Å². The van der Waals surface area contributed by atoms with Gasteiger partial charge in [0.1, 0.15) is 15.9 Å². The van der Waals surface area contributed by atoms with Crippen molar-refractivity contribution < 1.29 is 0 Å². The first-order valence-electron chi connectivity index (χ1n) is 4.26. The number of hydrogen-bond donors (Lipinski definition) is 2. The van der Waals surface area contributed by atoms with E-state index in [0.717, 1.165) is 10.1 Å². The number of aromatic nitrogens is 3. The summed E-state index contributed by atoms with van der Waals surface area (Å²) < 4.78 is 0. The second-order valence-corrected chi connectivity index (χ2v) is 3.69. The zero-order chi connectivity index (χ0) is 10.5. The smallest absolute Gasteiger partial charge is 0.141 e. The number of nitrogens with two attached hydrogens (primary N) is 1. The third kappa shape index (κ3) is 2.64. The molecule has 2 heterocycles.